The van der Waals surface area contributed by atoms with E-state index < -0.39 is 23.2 Å². The van der Waals surface area contributed by atoms with E-state index in [9.17, 15) is 9.59 Å². The van der Waals surface area contributed by atoms with E-state index in [2.05, 4.69) is 10.6 Å². The number of hydrogen-bond acceptors (Lipinski definition) is 5. The van der Waals surface area contributed by atoms with Crippen molar-refractivity contribution in [2.45, 2.75) is 38.3 Å². The van der Waals surface area contributed by atoms with E-state index in [1.807, 2.05) is 0 Å². The molecule has 0 fully saturated rings. The van der Waals surface area contributed by atoms with Crippen LogP contribution < -0.4 is 10.6 Å². The van der Waals surface area contributed by atoms with Gasteiger partial charge in [0.05, 0.1) is 7.11 Å². The van der Waals surface area contributed by atoms with Gasteiger partial charge in [-0.05, 0) is 39.1 Å². The van der Waals surface area contributed by atoms with Gasteiger partial charge in [-0.3, -0.25) is 0 Å². The largest absolute Gasteiger partial charge is 0.467 e. The molecule has 0 bridgehead atoms. The molecule has 1 rings (SSSR count). The zero-order valence-electron chi connectivity index (χ0n) is 12.4. The number of methoxy groups -OCH3 is 1. The van der Waals surface area contributed by atoms with Crippen molar-refractivity contribution >= 4 is 12.1 Å². The second kappa shape index (κ2) is 6.45. The molecule has 0 aliphatic carbocycles. The van der Waals surface area contributed by atoms with Crippen LogP contribution in [0.3, 0.4) is 0 Å². The SMILES string of the molecule is COC(=O)C1(CCNC(=O)OC(C)(C)C)C=CC=CN1. The molecule has 1 heterocycles. The molecule has 1 atom stereocenters. The molecular weight excluding hydrogens is 260 g/mol. The average Bonchev–Trinajstić information content (AvgIpc) is 2.36. The average molecular weight is 282 g/mol. The molecule has 1 amide bonds. The molecule has 0 aromatic carbocycles. The number of carbonyl (C=O) groups is 2. The van der Waals surface area contributed by atoms with Crippen LogP contribution in [0.15, 0.2) is 24.4 Å². The number of allylic oxidation sites excluding steroid dienone is 2. The summed E-state index contributed by atoms with van der Waals surface area (Å²) in [5, 5.41) is 5.59. The lowest BCUT2D eigenvalue weighted by atomic mass is 9.93. The lowest BCUT2D eigenvalue weighted by Crippen LogP contribution is -2.51. The predicted octanol–water partition coefficient (Wildman–Crippen LogP) is 1.49. The van der Waals surface area contributed by atoms with Crippen LogP contribution in [0.25, 0.3) is 0 Å². The molecule has 0 radical (unpaired) electrons. The van der Waals surface area contributed by atoms with Crippen LogP contribution in [-0.4, -0.2) is 36.9 Å². The number of esters is 1. The normalized spacial score (nSPS) is 21.0. The van der Waals surface area contributed by atoms with Gasteiger partial charge in [-0.15, -0.1) is 0 Å². The van der Waals surface area contributed by atoms with Gasteiger partial charge in [0, 0.05) is 13.0 Å². The van der Waals surface area contributed by atoms with Crippen molar-refractivity contribution in [2.75, 3.05) is 13.7 Å². The van der Waals surface area contributed by atoms with Gasteiger partial charge >= 0.3 is 12.1 Å². The Bertz CT molecular complexity index is 423. The second-order valence-corrected chi connectivity index (χ2v) is 5.50. The summed E-state index contributed by atoms with van der Waals surface area (Å²) >= 11 is 0. The fraction of sp³-hybridized carbons (Fsp3) is 0.571. The Balaban J connectivity index is 2.53. The molecule has 0 spiro atoms. The maximum absolute atomic E-state index is 11.9. The summed E-state index contributed by atoms with van der Waals surface area (Å²) in [5.74, 6) is -0.399. The van der Waals surface area contributed by atoms with Crippen molar-refractivity contribution in [1.29, 1.82) is 0 Å². The van der Waals surface area contributed by atoms with Gasteiger partial charge in [-0.2, -0.15) is 0 Å². The maximum Gasteiger partial charge on any atom is 0.407 e. The topological polar surface area (TPSA) is 76.7 Å². The highest BCUT2D eigenvalue weighted by molar-refractivity contribution is 5.84. The number of dihydropyridines is 1. The van der Waals surface area contributed by atoms with Gasteiger partial charge in [0.2, 0.25) is 0 Å². The summed E-state index contributed by atoms with van der Waals surface area (Å²) in [6.45, 7) is 5.66. The highest BCUT2D eigenvalue weighted by Crippen LogP contribution is 2.17. The second-order valence-electron chi connectivity index (χ2n) is 5.50. The molecule has 1 aliphatic heterocycles. The van der Waals surface area contributed by atoms with Crippen LogP contribution in [0.5, 0.6) is 0 Å². The summed E-state index contributed by atoms with van der Waals surface area (Å²) in [7, 11) is 1.33. The highest BCUT2D eigenvalue weighted by Gasteiger charge is 2.36. The zero-order valence-corrected chi connectivity index (χ0v) is 12.4. The van der Waals surface area contributed by atoms with Crippen LogP contribution in [-0.2, 0) is 14.3 Å². The Morgan fingerprint density at radius 2 is 2.00 bits per heavy atom. The number of rotatable bonds is 4. The molecule has 2 N–H and O–H groups in total. The lowest BCUT2D eigenvalue weighted by Gasteiger charge is -2.30. The summed E-state index contributed by atoms with van der Waals surface area (Å²) in [6, 6.07) is 0. The minimum atomic E-state index is -0.946. The predicted molar refractivity (Wildman–Crippen MR) is 75.0 cm³/mol. The molecule has 0 aromatic heterocycles. The van der Waals surface area contributed by atoms with Crippen molar-refractivity contribution < 1.29 is 19.1 Å². The summed E-state index contributed by atoms with van der Waals surface area (Å²) in [6.07, 6.45) is 6.79. The van der Waals surface area contributed by atoms with E-state index in [-0.39, 0.29) is 6.54 Å². The number of hydrogen-bond donors (Lipinski definition) is 2. The maximum atomic E-state index is 11.9. The van der Waals surface area contributed by atoms with E-state index in [1.165, 1.54) is 7.11 Å². The Morgan fingerprint density at radius 3 is 2.50 bits per heavy atom. The van der Waals surface area contributed by atoms with Gasteiger partial charge in [0.25, 0.3) is 0 Å². The number of ether oxygens (including phenoxy) is 2. The Kier molecular flexibility index (Phi) is 5.19. The van der Waals surface area contributed by atoms with Crippen LogP contribution in [0.1, 0.15) is 27.2 Å². The summed E-state index contributed by atoms with van der Waals surface area (Å²) in [5.41, 5.74) is -1.49. The number of amides is 1. The van der Waals surface area contributed by atoms with Gasteiger partial charge in [-0.1, -0.05) is 6.08 Å². The molecule has 1 aliphatic rings. The highest BCUT2D eigenvalue weighted by atomic mass is 16.6. The molecule has 20 heavy (non-hydrogen) atoms. The Morgan fingerprint density at radius 1 is 1.30 bits per heavy atom. The minimum Gasteiger partial charge on any atom is -0.467 e. The lowest BCUT2D eigenvalue weighted by molar-refractivity contribution is -0.146. The van der Waals surface area contributed by atoms with Crippen LogP contribution in [0.2, 0.25) is 0 Å². The van der Waals surface area contributed by atoms with E-state index in [0.717, 1.165) is 0 Å². The molecule has 6 nitrogen and oxygen atoms in total. The summed E-state index contributed by atoms with van der Waals surface area (Å²) in [4.78, 5) is 23.4. The molecule has 1 unspecified atom stereocenters. The first-order valence-electron chi connectivity index (χ1n) is 6.46. The van der Waals surface area contributed by atoms with Crippen molar-refractivity contribution in [3.8, 4) is 0 Å². The van der Waals surface area contributed by atoms with Gasteiger partial charge in [-0.25, -0.2) is 9.59 Å². The van der Waals surface area contributed by atoms with Crippen molar-refractivity contribution in [2.24, 2.45) is 0 Å². The molecular formula is C14H22N2O4. The number of nitrogens with one attached hydrogen (secondary N) is 2. The first-order chi connectivity index (χ1) is 9.29. The van der Waals surface area contributed by atoms with E-state index in [0.29, 0.717) is 6.42 Å². The van der Waals surface area contributed by atoms with E-state index in [1.54, 1.807) is 45.2 Å². The third kappa shape index (κ3) is 4.60. The monoisotopic (exact) mass is 282 g/mol. The summed E-state index contributed by atoms with van der Waals surface area (Å²) < 4.78 is 9.93. The van der Waals surface area contributed by atoms with E-state index in [4.69, 9.17) is 9.47 Å². The van der Waals surface area contributed by atoms with Crippen molar-refractivity contribution in [3.63, 3.8) is 0 Å². The van der Waals surface area contributed by atoms with Crippen molar-refractivity contribution in [3.05, 3.63) is 24.4 Å². The quantitative estimate of drug-likeness (QED) is 0.764. The van der Waals surface area contributed by atoms with Gasteiger partial charge in [0.1, 0.15) is 5.60 Å². The fourth-order valence-corrected chi connectivity index (χ4v) is 1.76. The van der Waals surface area contributed by atoms with Gasteiger partial charge < -0.3 is 20.1 Å². The third-order valence-electron chi connectivity index (χ3n) is 2.67. The fourth-order valence-electron chi connectivity index (χ4n) is 1.76. The van der Waals surface area contributed by atoms with E-state index >= 15 is 0 Å². The number of carbonyl (C=O) groups excluding carboxylic acids is 2. The van der Waals surface area contributed by atoms with Gasteiger partial charge in [0.15, 0.2) is 5.54 Å². The van der Waals surface area contributed by atoms with Crippen LogP contribution >= 0.6 is 0 Å². The molecule has 6 heteroatoms. The molecule has 0 saturated carbocycles. The Hall–Kier alpha value is -1.98. The third-order valence-corrected chi connectivity index (χ3v) is 2.67. The van der Waals surface area contributed by atoms with Crippen LogP contribution in [0, 0.1) is 0 Å². The smallest absolute Gasteiger partial charge is 0.407 e. The standard InChI is InChI=1S/C14H22N2O4/c1-13(2,3)20-12(18)15-10-8-14(11(17)19-4)7-5-6-9-16-14/h5-7,9,16H,8,10H2,1-4H3,(H,15,18). The molecule has 0 saturated heterocycles. The molecule has 0 aromatic rings. The first-order valence-corrected chi connectivity index (χ1v) is 6.46. The molecule has 112 valence electrons. The minimum absolute atomic E-state index is 0.287. The first kappa shape index (κ1) is 16.1. The van der Waals surface area contributed by atoms with Crippen LogP contribution in [0.4, 0.5) is 4.79 Å². The Labute approximate surface area is 119 Å². The number of alkyl carbamates (subject to hydrolysis) is 1. The zero-order chi connectivity index (χ0) is 15.2. The van der Waals surface area contributed by atoms with Crippen molar-refractivity contribution in [1.82, 2.24) is 10.6 Å².